The van der Waals surface area contributed by atoms with Gasteiger partial charge in [0.1, 0.15) is 0 Å². The molecule has 2 saturated carbocycles. The van der Waals surface area contributed by atoms with Crippen molar-refractivity contribution in [1.82, 2.24) is 5.32 Å². The van der Waals surface area contributed by atoms with Crippen LogP contribution in [0.25, 0.3) is 0 Å². The fourth-order valence-corrected chi connectivity index (χ4v) is 3.88. The zero-order valence-corrected chi connectivity index (χ0v) is 12.4. The zero-order valence-electron chi connectivity index (χ0n) is 12.4. The maximum Gasteiger partial charge on any atom is 0.0897 e. The highest BCUT2D eigenvalue weighted by Gasteiger charge is 2.55. The van der Waals surface area contributed by atoms with E-state index in [9.17, 15) is 5.11 Å². The topological polar surface area (TPSA) is 50.7 Å². The van der Waals surface area contributed by atoms with Crippen LogP contribution in [0, 0.1) is 5.41 Å². The van der Waals surface area contributed by atoms with Crippen LogP contribution in [0.2, 0.25) is 0 Å². The average molecular weight is 271 g/mol. The van der Waals surface area contributed by atoms with Crippen LogP contribution < -0.4 is 5.32 Å². The largest absolute Gasteiger partial charge is 0.389 e. The fourth-order valence-electron chi connectivity index (χ4n) is 3.88. The number of hydrogen-bond donors (Lipinski definition) is 2. The summed E-state index contributed by atoms with van der Waals surface area (Å²) in [5.74, 6) is 0. The number of hydrogen-bond acceptors (Lipinski definition) is 4. The molecule has 0 radical (unpaired) electrons. The Morgan fingerprint density at radius 2 is 2.05 bits per heavy atom. The normalized spacial score (nSPS) is 31.1. The first kappa shape index (κ1) is 15.2. The summed E-state index contributed by atoms with van der Waals surface area (Å²) in [6.45, 7) is 3.92. The van der Waals surface area contributed by atoms with E-state index in [2.05, 4.69) is 12.2 Å². The predicted molar refractivity (Wildman–Crippen MR) is 75.2 cm³/mol. The van der Waals surface area contributed by atoms with Gasteiger partial charge in [-0.3, -0.25) is 0 Å². The summed E-state index contributed by atoms with van der Waals surface area (Å²) < 4.78 is 10.9. The number of aliphatic hydroxyl groups excluding tert-OH is 1. The molecule has 4 heteroatoms. The van der Waals surface area contributed by atoms with Crippen molar-refractivity contribution in [2.45, 2.75) is 63.7 Å². The van der Waals surface area contributed by atoms with Crippen LogP contribution in [0.15, 0.2) is 0 Å². The zero-order chi connectivity index (χ0) is 13.7. The molecule has 4 nitrogen and oxygen atoms in total. The minimum atomic E-state index is -0.406. The van der Waals surface area contributed by atoms with Crippen molar-refractivity contribution in [3.05, 3.63) is 0 Å². The van der Waals surface area contributed by atoms with Crippen LogP contribution in [0.5, 0.6) is 0 Å². The van der Waals surface area contributed by atoms with Gasteiger partial charge >= 0.3 is 0 Å². The molecule has 0 bridgehead atoms. The van der Waals surface area contributed by atoms with Gasteiger partial charge < -0.3 is 19.9 Å². The second-order valence-electron chi connectivity index (χ2n) is 6.04. The maximum atomic E-state index is 9.75. The summed E-state index contributed by atoms with van der Waals surface area (Å²) in [5, 5.41) is 13.3. The third kappa shape index (κ3) is 3.30. The highest BCUT2D eigenvalue weighted by atomic mass is 16.5. The van der Waals surface area contributed by atoms with Crippen molar-refractivity contribution >= 4 is 0 Å². The Hall–Kier alpha value is -0.160. The molecule has 0 saturated heterocycles. The molecule has 0 amide bonds. The van der Waals surface area contributed by atoms with Crippen LogP contribution >= 0.6 is 0 Å². The Bertz CT molecular complexity index is 266. The minimum absolute atomic E-state index is 0.334. The summed E-state index contributed by atoms with van der Waals surface area (Å²) in [6, 6.07) is 0.510. The van der Waals surface area contributed by atoms with E-state index in [1.54, 1.807) is 7.11 Å². The fraction of sp³-hybridized carbons (Fsp3) is 1.00. The van der Waals surface area contributed by atoms with E-state index < -0.39 is 6.10 Å². The van der Waals surface area contributed by atoms with E-state index in [4.69, 9.17) is 9.47 Å². The Morgan fingerprint density at radius 1 is 1.32 bits per heavy atom. The molecule has 0 heterocycles. The molecular formula is C15H29NO3. The number of ether oxygens (including phenoxy) is 2. The number of rotatable bonds is 7. The van der Waals surface area contributed by atoms with Crippen molar-refractivity contribution in [2.75, 3.05) is 26.9 Å². The lowest BCUT2D eigenvalue weighted by Gasteiger charge is -2.58. The van der Waals surface area contributed by atoms with E-state index in [0.29, 0.717) is 30.7 Å². The minimum Gasteiger partial charge on any atom is -0.389 e. The molecule has 0 aromatic carbocycles. The van der Waals surface area contributed by atoms with Crippen molar-refractivity contribution in [2.24, 2.45) is 5.41 Å². The van der Waals surface area contributed by atoms with E-state index in [0.717, 1.165) is 13.0 Å². The van der Waals surface area contributed by atoms with E-state index in [1.807, 2.05) is 0 Å². The Labute approximate surface area is 116 Å². The van der Waals surface area contributed by atoms with Crippen molar-refractivity contribution < 1.29 is 14.6 Å². The van der Waals surface area contributed by atoms with Crippen LogP contribution in [0.4, 0.5) is 0 Å². The van der Waals surface area contributed by atoms with Gasteiger partial charge in [0.15, 0.2) is 0 Å². The lowest BCUT2D eigenvalue weighted by Crippen LogP contribution is -2.65. The summed E-state index contributed by atoms with van der Waals surface area (Å²) >= 11 is 0. The number of aliphatic hydroxyl groups is 1. The van der Waals surface area contributed by atoms with Gasteiger partial charge in [-0.1, -0.05) is 19.3 Å². The van der Waals surface area contributed by atoms with E-state index in [1.165, 1.54) is 32.1 Å². The Morgan fingerprint density at radius 3 is 2.68 bits per heavy atom. The van der Waals surface area contributed by atoms with Gasteiger partial charge in [0.25, 0.3) is 0 Å². The molecular weight excluding hydrogens is 242 g/mol. The van der Waals surface area contributed by atoms with Crippen molar-refractivity contribution in [3.63, 3.8) is 0 Å². The quantitative estimate of drug-likeness (QED) is 0.740. The third-order valence-corrected chi connectivity index (χ3v) is 4.90. The SMILES string of the molecule is CCOC1CC(NC[C@H](O)COC)C12CCCCC2. The average Bonchev–Trinajstić information content (AvgIpc) is 2.43. The summed E-state index contributed by atoms with van der Waals surface area (Å²) in [4.78, 5) is 0. The van der Waals surface area contributed by atoms with Gasteiger partial charge in [0.2, 0.25) is 0 Å². The molecule has 2 unspecified atom stereocenters. The molecule has 112 valence electrons. The van der Waals surface area contributed by atoms with Crippen molar-refractivity contribution in [1.29, 1.82) is 0 Å². The number of nitrogens with one attached hydrogen (secondary N) is 1. The first-order valence-corrected chi connectivity index (χ1v) is 7.75. The van der Waals surface area contributed by atoms with E-state index in [-0.39, 0.29) is 0 Å². The lowest BCUT2D eigenvalue weighted by molar-refractivity contribution is -0.151. The summed E-state index contributed by atoms with van der Waals surface area (Å²) in [6.07, 6.45) is 7.66. The number of methoxy groups -OCH3 is 1. The monoisotopic (exact) mass is 271 g/mol. The van der Waals surface area contributed by atoms with Crippen LogP contribution in [-0.2, 0) is 9.47 Å². The molecule has 2 rings (SSSR count). The Kier molecular flexibility index (Phi) is 5.63. The van der Waals surface area contributed by atoms with Gasteiger partial charge in [-0.2, -0.15) is 0 Å². The standard InChI is InChI=1S/C15H29NO3/c1-3-19-14-9-13(16-10-12(17)11-18-2)15(14)7-5-4-6-8-15/h12-14,16-17H,3-11H2,1-2H3/t12-,13?,14?/m0/s1. The van der Waals surface area contributed by atoms with Crippen LogP contribution in [0.1, 0.15) is 45.4 Å². The molecule has 2 fully saturated rings. The third-order valence-electron chi connectivity index (χ3n) is 4.90. The van der Waals surface area contributed by atoms with Crippen molar-refractivity contribution in [3.8, 4) is 0 Å². The van der Waals surface area contributed by atoms with Gasteiger partial charge in [0, 0.05) is 31.7 Å². The molecule has 0 aliphatic heterocycles. The molecule has 0 aromatic heterocycles. The highest BCUT2D eigenvalue weighted by Crippen LogP contribution is 2.53. The van der Waals surface area contributed by atoms with Gasteiger partial charge in [-0.25, -0.2) is 0 Å². The first-order chi connectivity index (χ1) is 9.23. The second kappa shape index (κ2) is 7.02. The van der Waals surface area contributed by atoms with Gasteiger partial charge in [0.05, 0.1) is 18.8 Å². The molecule has 2 N–H and O–H groups in total. The maximum absolute atomic E-state index is 9.75. The second-order valence-corrected chi connectivity index (χ2v) is 6.04. The summed E-state index contributed by atoms with van der Waals surface area (Å²) in [7, 11) is 1.63. The van der Waals surface area contributed by atoms with Crippen LogP contribution in [0.3, 0.4) is 0 Å². The van der Waals surface area contributed by atoms with Crippen LogP contribution in [-0.4, -0.2) is 50.2 Å². The highest BCUT2D eigenvalue weighted by molar-refractivity contribution is 5.09. The molecule has 2 aliphatic rings. The molecule has 2 aliphatic carbocycles. The molecule has 3 atom stereocenters. The lowest BCUT2D eigenvalue weighted by atomic mass is 9.55. The van der Waals surface area contributed by atoms with Gasteiger partial charge in [-0.05, 0) is 26.2 Å². The molecule has 19 heavy (non-hydrogen) atoms. The Balaban J connectivity index is 1.86. The molecule has 1 spiro atoms. The first-order valence-electron chi connectivity index (χ1n) is 7.75. The predicted octanol–water partition coefficient (Wildman–Crippen LogP) is 1.71. The molecule has 0 aromatic rings. The van der Waals surface area contributed by atoms with Gasteiger partial charge in [-0.15, -0.1) is 0 Å². The van der Waals surface area contributed by atoms with E-state index >= 15 is 0 Å². The smallest absolute Gasteiger partial charge is 0.0897 e. The summed E-state index contributed by atoms with van der Waals surface area (Å²) in [5.41, 5.74) is 0.334.